The van der Waals surface area contributed by atoms with E-state index in [9.17, 15) is 4.79 Å². The highest BCUT2D eigenvalue weighted by Crippen LogP contribution is 2.37. The van der Waals surface area contributed by atoms with Crippen LogP contribution in [-0.2, 0) is 4.79 Å². The van der Waals surface area contributed by atoms with Crippen LogP contribution in [0, 0.1) is 23.2 Å². The summed E-state index contributed by atoms with van der Waals surface area (Å²) in [5, 5.41) is 12.0. The second-order valence-electron chi connectivity index (χ2n) is 4.42. The third-order valence-corrected chi connectivity index (χ3v) is 3.43. The zero-order valence-corrected chi connectivity index (χ0v) is 10.3. The third kappa shape index (κ3) is 2.78. The Morgan fingerprint density at radius 1 is 1.59 bits per heavy atom. The molecule has 4 heteroatoms. The molecule has 0 heterocycles. The number of benzene rings is 1. The van der Waals surface area contributed by atoms with E-state index in [1.807, 2.05) is 13.0 Å². The van der Waals surface area contributed by atoms with Gasteiger partial charge in [-0.25, -0.2) is 0 Å². The molecule has 0 radical (unpaired) electrons. The van der Waals surface area contributed by atoms with E-state index in [0.29, 0.717) is 22.2 Å². The SMILES string of the molecule is CC(C(=O)Nc1cc(C#N)ccc1Cl)C1CC1. The molecular weight excluding hydrogens is 236 g/mol. The van der Waals surface area contributed by atoms with E-state index < -0.39 is 0 Å². The molecule has 1 amide bonds. The van der Waals surface area contributed by atoms with Crippen LogP contribution in [-0.4, -0.2) is 5.91 Å². The van der Waals surface area contributed by atoms with Gasteiger partial charge in [-0.3, -0.25) is 4.79 Å². The smallest absolute Gasteiger partial charge is 0.227 e. The zero-order valence-electron chi connectivity index (χ0n) is 9.53. The Morgan fingerprint density at radius 2 is 2.29 bits per heavy atom. The van der Waals surface area contributed by atoms with Gasteiger partial charge >= 0.3 is 0 Å². The van der Waals surface area contributed by atoms with E-state index in [1.165, 1.54) is 0 Å². The van der Waals surface area contributed by atoms with Crippen molar-refractivity contribution in [2.45, 2.75) is 19.8 Å². The van der Waals surface area contributed by atoms with Gasteiger partial charge in [0.2, 0.25) is 5.91 Å². The summed E-state index contributed by atoms with van der Waals surface area (Å²) in [6.07, 6.45) is 2.25. The Morgan fingerprint density at radius 3 is 2.88 bits per heavy atom. The fourth-order valence-electron chi connectivity index (χ4n) is 1.75. The molecule has 1 aliphatic carbocycles. The molecule has 1 aromatic rings. The van der Waals surface area contributed by atoms with E-state index in [0.717, 1.165) is 12.8 Å². The number of nitrogens with one attached hydrogen (secondary N) is 1. The molecule has 0 aromatic heterocycles. The molecule has 1 N–H and O–H groups in total. The predicted octanol–water partition coefficient (Wildman–Crippen LogP) is 3.20. The van der Waals surface area contributed by atoms with Crippen molar-refractivity contribution in [2.24, 2.45) is 11.8 Å². The van der Waals surface area contributed by atoms with Crippen molar-refractivity contribution in [3.05, 3.63) is 28.8 Å². The second-order valence-corrected chi connectivity index (χ2v) is 4.83. The lowest BCUT2D eigenvalue weighted by Crippen LogP contribution is -2.22. The van der Waals surface area contributed by atoms with Gasteiger partial charge in [0.15, 0.2) is 0 Å². The van der Waals surface area contributed by atoms with E-state index in [2.05, 4.69) is 5.32 Å². The molecule has 1 aliphatic rings. The van der Waals surface area contributed by atoms with Gasteiger partial charge in [-0.15, -0.1) is 0 Å². The van der Waals surface area contributed by atoms with Gasteiger partial charge in [0.25, 0.3) is 0 Å². The first kappa shape index (κ1) is 11.9. The van der Waals surface area contributed by atoms with Crippen molar-refractivity contribution < 1.29 is 4.79 Å². The van der Waals surface area contributed by atoms with E-state index >= 15 is 0 Å². The quantitative estimate of drug-likeness (QED) is 0.893. The Kier molecular flexibility index (Phi) is 3.35. The van der Waals surface area contributed by atoms with Crippen molar-refractivity contribution >= 4 is 23.2 Å². The van der Waals surface area contributed by atoms with Crippen LogP contribution >= 0.6 is 11.6 Å². The summed E-state index contributed by atoms with van der Waals surface area (Å²) in [6.45, 7) is 1.93. The molecule has 0 saturated heterocycles. The Labute approximate surface area is 105 Å². The molecule has 88 valence electrons. The monoisotopic (exact) mass is 248 g/mol. The molecule has 1 unspecified atom stereocenters. The number of carbonyl (C=O) groups is 1. The van der Waals surface area contributed by atoms with Crippen LogP contribution in [0.25, 0.3) is 0 Å². The zero-order chi connectivity index (χ0) is 12.4. The highest BCUT2D eigenvalue weighted by Gasteiger charge is 2.32. The maximum Gasteiger partial charge on any atom is 0.227 e. The van der Waals surface area contributed by atoms with Crippen LogP contribution in [0.3, 0.4) is 0 Å². The molecule has 0 aliphatic heterocycles. The lowest BCUT2D eigenvalue weighted by molar-refractivity contribution is -0.119. The molecule has 2 rings (SSSR count). The molecule has 3 nitrogen and oxygen atoms in total. The number of hydrogen-bond acceptors (Lipinski definition) is 2. The topological polar surface area (TPSA) is 52.9 Å². The van der Waals surface area contributed by atoms with E-state index in [4.69, 9.17) is 16.9 Å². The van der Waals surface area contributed by atoms with Gasteiger partial charge in [0.05, 0.1) is 22.3 Å². The van der Waals surface area contributed by atoms with Crippen LogP contribution in [0.5, 0.6) is 0 Å². The molecule has 0 spiro atoms. The maximum absolute atomic E-state index is 11.9. The Balaban J connectivity index is 2.12. The number of carbonyl (C=O) groups excluding carboxylic acids is 1. The number of amides is 1. The number of anilines is 1. The van der Waals surface area contributed by atoms with Gasteiger partial charge in [-0.2, -0.15) is 5.26 Å². The largest absolute Gasteiger partial charge is 0.324 e. The molecule has 0 bridgehead atoms. The lowest BCUT2D eigenvalue weighted by Gasteiger charge is -2.12. The minimum Gasteiger partial charge on any atom is -0.324 e. The van der Waals surface area contributed by atoms with Crippen LogP contribution in [0.1, 0.15) is 25.3 Å². The van der Waals surface area contributed by atoms with Crippen LogP contribution in [0.2, 0.25) is 5.02 Å². The summed E-state index contributed by atoms with van der Waals surface area (Å²) in [5.41, 5.74) is 1.01. The highest BCUT2D eigenvalue weighted by atomic mass is 35.5. The third-order valence-electron chi connectivity index (χ3n) is 3.10. The molecule has 1 fully saturated rings. The first-order chi connectivity index (χ1) is 8.11. The summed E-state index contributed by atoms with van der Waals surface area (Å²) >= 11 is 5.97. The van der Waals surface area contributed by atoms with Crippen molar-refractivity contribution in [3.63, 3.8) is 0 Å². The summed E-state index contributed by atoms with van der Waals surface area (Å²) in [7, 11) is 0. The molecule has 17 heavy (non-hydrogen) atoms. The fourth-order valence-corrected chi connectivity index (χ4v) is 1.91. The van der Waals surface area contributed by atoms with Gasteiger partial charge in [-0.05, 0) is 37.0 Å². The average molecular weight is 249 g/mol. The molecule has 1 saturated carbocycles. The number of nitriles is 1. The average Bonchev–Trinajstić information content (AvgIpc) is 3.15. The van der Waals surface area contributed by atoms with Gasteiger partial charge < -0.3 is 5.32 Å². The summed E-state index contributed by atoms with van der Waals surface area (Å²) in [4.78, 5) is 11.9. The Hall–Kier alpha value is -1.53. The number of nitrogens with zero attached hydrogens (tertiary/aromatic N) is 1. The van der Waals surface area contributed by atoms with E-state index in [-0.39, 0.29) is 11.8 Å². The standard InChI is InChI=1S/C13H13ClN2O/c1-8(10-3-4-10)13(17)16-12-6-9(7-15)2-5-11(12)14/h2,5-6,8,10H,3-4H2,1H3,(H,16,17). The van der Waals surface area contributed by atoms with Gasteiger partial charge in [-0.1, -0.05) is 18.5 Å². The van der Waals surface area contributed by atoms with Crippen LogP contribution in [0.4, 0.5) is 5.69 Å². The van der Waals surface area contributed by atoms with Crippen LogP contribution in [0.15, 0.2) is 18.2 Å². The Bertz CT molecular complexity index is 489. The van der Waals surface area contributed by atoms with Crippen molar-refractivity contribution in [3.8, 4) is 6.07 Å². The number of rotatable bonds is 3. The lowest BCUT2D eigenvalue weighted by atomic mass is 10.1. The van der Waals surface area contributed by atoms with Gasteiger partial charge in [0, 0.05) is 5.92 Å². The van der Waals surface area contributed by atoms with E-state index in [1.54, 1.807) is 18.2 Å². The summed E-state index contributed by atoms with van der Waals surface area (Å²) < 4.78 is 0. The number of halogens is 1. The highest BCUT2D eigenvalue weighted by molar-refractivity contribution is 6.33. The predicted molar refractivity (Wildman–Crippen MR) is 66.7 cm³/mol. The second kappa shape index (κ2) is 4.77. The molecule has 1 aromatic carbocycles. The van der Waals surface area contributed by atoms with Crippen molar-refractivity contribution in [1.82, 2.24) is 0 Å². The fraction of sp³-hybridized carbons (Fsp3) is 0.385. The maximum atomic E-state index is 11.9. The van der Waals surface area contributed by atoms with Crippen molar-refractivity contribution in [2.75, 3.05) is 5.32 Å². The molecule has 1 atom stereocenters. The minimum absolute atomic E-state index is 0.0109. The summed E-state index contributed by atoms with van der Waals surface area (Å²) in [6, 6.07) is 6.87. The first-order valence-corrected chi connectivity index (χ1v) is 6.00. The first-order valence-electron chi connectivity index (χ1n) is 5.62. The normalized spacial score (nSPS) is 16.1. The minimum atomic E-state index is -0.0236. The summed E-state index contributed by atoms with van der Waals surface area (Å²) in [5.74, 6) is 0.495. The number of hydrogen-bond donors (Lipinski definition) is 1. The van der Waals surface area contributed by atoms with Crippen LogP contribution < -0.4 is 5.32 Å². The van der Waals surface area contributed by atoms with Crippen molar-refractivity contribution in [1.29, 1.82) is 5.26 Å². The van der Waals surface area contributed by atoms with Gasteiger partial charge in [0.1, 0.15) is 0 Å². The molecular formula is C13H13ClN2O.